The lowest BCUT2D eigenvalue weighted by Gasteiger charge is -2.20. The monoisotopic (exact) mass is 304 g/mol. The summed E-state index contributed by atoms with van der Waals surface area (Å²) in [6.07, 6.45) is 0. The van der Waals surface area contributed by atoms with E-state index in [1.807, 2.05) is 32.0 Å². The highest BCUT2D eigenvalue weighted by molar-refractivity contribution is 8.00. The molecule has 1 heterocycles. The molecule has 0 aliphatic rings. The Kier molecular flexibility index (Phi) is 5.07. The summed E-state index contributed by atoms with van der Waals surface area (Å²) in [5.41, 5.74) is 1.18. The first kappa shape index (κ1) is 15.6. The molecule has 2 aromatic rings. The van der Waals surface area contributed by atoms with Crippen LogP contribution in [-0.4, -0.2) is 16.3 Å². The number of nitrogens with zero attached hydrogens (tertiary/aromatic N) is 1. The summed E-state index contributed by atoms with van der Waals surface area (Å²) in [6.45, 7) is 7.94. The number of benzene rings is 1. The molecule has 2 rings (SSSR count). The molecule has 0 saturated heterocycles. The highest BCUT2D eigenvalue weighted by Gasteiger charge is 2.24. The summed E-state index contributed by atoms with van der Waals surface area (Å²) in [7, 11) is 0. The van der Waals surface area contributed by atoms with E-state index in [2.05, 4.69) is 23.5 Å². The van der Waals surface area contributed by atoms with Crippen LogP contribution in [0.1, 0.15) is 25.2 Å². The number of anilines is 1. The SMILES string of the molecule is Cc1cc(NC(=O)C(Sc2ccccc2C)C(C)C)no1. The molecule has 0 aliphatic heterocycles. The molecule has 21 heavy (non-hydrogen) atoms. The number of thioether (sulfide) groups is 1. The third kappa shape index (κ3) is 4.11. The summed E-state index contributed by atoms with van der Waals surface area (Å²) in [5.74, 6) is 1.31. The Balaban J connectivity index is 2.11. The topological polar surface area (TPSA) is 55.1 Å². The van der Waals surface area contributed by atoms with Crippen molar-refractivity contribution in [3.05, 3.63) is 41.7 Å². The minimum Gasteiger partial charge on any atom is -0.360 e. The van der Waals surface area contributed by atoms with Gasteiger partial charge in [0.05, 0.1) is 5.25 Å². The summed E-state index contributed by atoms with van der Waals surface area (Å²) in [5, 5.41) is 6.45. The van der Waals surface area contributed by atoms with Gasteiger partial charge in [-0.2, -0.15) is 0 Å². The first-order valence-electron chi connectivity index (χ1n) is 6.94. The average molecular weight is 304 g/mol. The van der Waals surface area contributed by atoms with Gasteiger partial charge in [0.25, 0.3) is 0 Å². The maximum Gasteiger partial charge on any atom is 0.239 e. The van der Waals surface area contributed by atoms with E-state index in [-0.39, 0.29) is 17.1 Å². The second kappa shape index (κ2) is 6.80. The Morgan fingerprint density at radius 2 is 2.00 bits per heavy atom. The molecule has 0 spiro atoms. The molecular formula is C16H20N2O2S. The van der Waals surface area contributed by atoms with Crippen LogP contribution >= 0.6 is 11.8 Å². The molecule has 5 heteroatoms. The maximum atomic E-state index is 12.5. The maximum absolute atomic E-state index is 12.5. The van der Waals surface area contributed by atoms with Crippen molar-refractivity contribution < 1.29 is 9.32 Å². The van der Waals surface area contributed by atoms with E-state index in [1.54, 1.807) is 24.8 Å². The van der Waals surface area contributed by atoms with E-state index in [9.17, 15) is 4.79 Å². The van der Waals surface area contributed by atoms with E-state index in [1.165, 1.54) is 5.56 Å². The van der Waals surface area contributed by atoms with Crippen LogP contribution in [0, 0.1) is 19.8 Å². The minimum atomic E-state index is -0.178. The van der Waals surface area contributed by atoms with Crippen LogP contribution in [0.4, 0.5) is 5.82 Å². The number of nitrogens with one attached hydrogen (secondary N) is 1. The van der Waals surface area contributed by atoms with E-state index in [4.69, 9.17) is 4.52 Å². The fourth-order valence-corrected chi connectivity index (χ4v) is 3.06. The molecule has 0 bridgehead atoms. The number of aryl methyl sites for hydroxylation is 2. The summed E-state index contributed by atoms with van der Waals surface area (Å²) < 4.78 is 4.97. The van der Waals surface area contributed by atoms with E-state index in [0.29, 0.717) is 11.6 Å². The van der Waals surface area contributed by atoms with Gasteiger partial charge >= 0.3 is 0 Å². The predicted molar refractivity (Wildman–Crippen MR) is 85.5 cm³/mol. The Morgan fingerprint density at radius 1 is 1.29 bits per heavy atom. The van der Waals surface area contributed by atoms with Crippen LogP contribution in [0.3, 0.4) is 0 Å². The molecule has 112 valence electrons. The largest absolute Gasteiger partial charge is 0.360 e. The summed E-state index contributed by atoms with van der Waals surface area (Å²) >= 11 is 1.59. The van der Waals surface area contributed by atoms with Crippen molar-refractivity contribution in [1.82, 2.24) is 5.16 Å². The van der Waals surface area contributed by atoms with E-state index >= 15 is 0 Å². The molecule has 4 nitrogen and oxygen atoms in total. The predicted octanol–water partition coefficient (Wildman–Crippen LogP) is 4.05. The second-order valence-electron chi connectivity index (χ2n) is 5.36. The number of hydrogen-bond acceptors (Lipinski definition) is 4. The minimum absolute atomic E-state index is 0.0495. The zero-order chi connectivity index (χ0) is 15.4. The molecule has 0 saturated carbocycles. The quantitative estimate of drug-likeness (QED) is 0.847. The van der Waals surface area contributed by atoms with Gasteiger partial charge in [0, 0.05) is 11.0 Å². The molecule has 0 aliphatic carbocycles. The van der Waals surface area contributed by atoms with Crippen LogP contribution in [-0.2, 0) is 4.79 Å². The van der Waals surface area contributed by atoms with Crippen molar-refractivity contribution in [2.75, 3.05) is 5.32 Å². The molecule has 0 fully saturated rings. The Labute approximate surface area is 129 Å². The molecule has 1 N–H and O–H groups in total. The molecule has 1 amide bonds. The Hall–Kier alpha value is -1.75. The highest BCUT2D eigenvalue weighted by atomic mass is 32.2. The van der Waals surface area contributed by atoms with Gasteiger partial charge in [0.15, 0.2) is 5.82 Å². The second-order valence-corrected chi connectivity index (χ2v) is 6.54. The zero-order valence-corrected chi connectivity index (χ0v) is 13.5. The number of rotatable bonds is 5. The van der Waals surface area contributed by atoms with Crippen LogP contribution < -0.4 is 5.32 Å². The molecule has 1 unspecified atom stereocenters. The smallest absolute Gasteiger partial charge is 0.239 e. The average Bonchev–Trinajstić information content (AvgIpc) is 2.82. The van der Waals surface area contributed by atoms with Crippen molar-refractivity contribution in [1.29, 1.82) is 0 Å². The third-order valence-electron chi connectivity index (χ3n) is 3.09. The first-order chi connectivity index (χ1) is 9.97. The van der Waals surface area contributed by atoms with Crippen molar-refractivity contribution in [3.63, 3.8) is 0 Å². The Bertz CT molecular complexity index is 622. The van der Waals surface area contributed by atoms with Crippen molar-refractivity contribution in [2.45, 2.75) is 37.8 Å². The first-order valence-corrected chi connectivity index (χ1v) is 7.82. The summed E-state index contributed by atoms with van der Waals surface area (Å²) in [6, 6.07) is 9.81. The van der Waals surface area contributed by atoms with Crippen LogP contribution in [0.5, 0.6) is 0 Å². The fourth-order valence-electron chi connectivity index (χ4n) is 1.94. The molecule has 1 atom stereocenters. The zero-order valence-electron chi connectivity index (χ0n) is 12.7. The van der Waals surface area contributed by atoms with Gasteiger partial charge in [-0.15, -0.1) is 11.8 Å². The van der Waals surface area contributed by atoms with Crippen LogP contribution in [0.2, 0.25) is 0 Å². The summed E-state index contributed by atoms with van der Waals surface area (Å²) in [4.78, 5) is 13.6. The van der Waals surface area contributed by atoms with Crippen molar-refractivity contribution >= 4 is 23.5 Å². The highest BCUT2D eigenvalue weighted by Crippen LogP contribution is 2.31. The number of amides is 1. The molecule has 1 aromatic carbocycles. The van der Waals surface area contributed by atoms with Crippen molar-refractivity contribution in [3.8, 4) is 0 Å². The van der Waals surface area contributed by atoms with Crippen LogP contribution in [0.15, 0.2) is 39.8 Å². The van der Waals surface area contributed by atoms with Gasteiger partial charge < -0.3 is 9.84 Å². The number of aromatic nitrogens is 1. The van der Waals surface area contributed by atoms with Gasteiger partial charge in [0.1, 0.15) is 5.76 Å². The normalized spacial score (nSPS) is 12.4. The number of carbonyl (C=O) groups is 1. The van der Waals surface area contributed by atoms with Crippen molar-refractivity contribution in [2.24, 2.45) is 5.92 Å². The van der Waals surface area contributed by atoms with Gasteiger partial charge in [-0.05, 0) is 31.4 Å². The Morgan fingerprint density at radius 3 is 2.57 bits per heavy atom. The molecule has 1 aromatic heterocycles. The van der Waals surface area contributed by atoms with E-state index in [0.717, 1.165) is 4.90 Å². The lowest BCUT2D eigenvalue weighted by molar-refractivity contribution is -0.116. The van der Waals surface area contributed by atoms with Gasteiger partial charge in [-0.1, -0.05) is 37.2 Å². The molecular weight excluding hydrogens is 284 g/mol. The number of carbonyl (C=O) groups excluding carboxylic acids is 1. The molecule has 0 radical (unpaired) electrons. The van der Waals surface area contributed by atoms with Gasteiger partial charge in [0.2, 0.25) is 5.91 Å². The lowest BCUT2D eigenvalue weighted by atomic mass is 10.1. The van der Waals surface area contributed by atoms with Gasteiger partial charge in [-0.25, -0.2) is 0 Å². The standard InChI is InChI=1S/C16H20N2O2S/c1-10(2)15(21-13-8-6-5-7-11(13)3)16(19)17-14-9-12(4)20-18-14/h5-10,15H,1-4H3,(H,17,18,19). The number of hydrogen-bond donors (Lipinski definition) is 1. The van der Waals surface area contributed by atoms with E-state index < -0.39 is 0 Å². The fraction of sp³-hybridized carbons (Fsp3) is 0.375. The van der Waals surface area contributed by atoms with Gasteiger partial charge in [-0.3, -0.25) is 4.79 Å². The van der Waals surface area contributed by atoms with Crippen LogP contribution in [0.25, 0.3) is 0 Å². The third-order valence-corrected chi connectivity index (χ3v) is 4.82. The lowest BCUT2D eigenvalue weighted by Crippen LogP contribution is -2.29.